The van der Waals surface area contributed by atoms with E-state index in [1.807, 2.05) is 0 Å². The van der Waals surface area contributed by atoms with Gasteiger partial charge in [0.15, 0.2) is 5.96 Å². The molecule has 0 radical (unpaired) electrons. The van der Waals surface area contributed by atoms with Crippen molar-refractivity contribution in [3.63, 3.8) is 0 Å². The molecule has 0 spiro atoms. The van der Waals surface area contributed by atoms with Crippen LogP contribution in [0.15, 0.2) is 4.99 Å². The molecule has 1 fully saturated rings. The molecule has 0 atom stereocenters. The van der Waals surface area contributed by atoms with E-state index in [2.05, 4.69) is 20.3 Å². The molecule has 0 unspecified atom stereocenters. The van der Waals surface area contributed by atoms with Crippen molar-refractivity contribution in [2.24, 2.45) is 10.9 Å². The molecular weight excluding hydrogens is 427 g/mol. The van der Waals surface area contributed by atoms with Gasteiger partial charge < -0.3 is 10.6 Å². The predicted molar refractivity (Wildman–Crippen MR) is 108 cm³/mol. The highest BCUT2D eigenvalue weighted by Gasteiger charge is 2.12. The van der Waals surface area contributed by atoms with Gasteiger partial charge in [0.25, 0.3) is 0 Å². The molecule has 1 aliphatic rings. The first-order chi connectivity index (χ1) is 10.6. The average molecular weight is 460 g/mol. The molecule has 0 amide bonds. The minimum Gasteiger partial charge on any atom is -0.356 e. The van der Waals surface area contributed by atoms with Gasteiger partial charge in [0, 0.05) is 26.7 Å². The van der Waals surface area contributed by atoms with E-state index in [0.717, 1.165) is 24.8 Å². The summed E-state index contributed by atoms with van der Waals surface area (Å²) in [5.41, 5.74) is 0. The van der Waals surface area contributed by atoms with Crippen LogP contribution in [-0.4, -0.2) is 46.8 Å². The maximum absolute atomic E-state index is 11.3. The zero-order chi connectivity index (χ0) is 16.3. The third-order valence-electron chi connectivity index (χ3n) is 4.15. The first-order valence-electron chi connectivity index (χ1n) is 8.49. The molecule has 8 heteroatoms. The van der Waals surface area contributed by atoms with Gasteiger partial charge in [-0.2, -0.15) is 0 Å². The monoisotopic (exact) mass is 460 g/mol. The van der Waals surface area contributed by atoms with Crippen molar-refractivity contribution < 1.29 is 8.42 Å². The molecule has 0 aliphatic heterocycles. The SMILES string of the molecule is CCS(=O)(=O)NCCNC(=NC)NCCCC1CCCCC1.I. The van der Waals surface area contributed by atoms with Crippen molar-refractivity contribution in [1.29, 1.82) is 0 Å². The fourth-order valence-corrected chi connectivity index (χ4v) is 3.40. The van der Waals surface area contributed by atoms with Gasteiger partial charge in [-0.25, -0.2) is 13.1 Å². The lowest BCUT2D eigenvalue weighted by atomic mass is 9.86. The number of sulfonamides is 1. The van der Waals surface area contributed by atoms with Crippen LogP contribution in [0.3, 0.4) is 0 Å². The Bertz CT molecular complexity index is 423. The number of rotatable bonds is 9. The maximum Gasteiger partial charge on any atom is 0.211 e. The summed E-state index contributed by atoms with van der Waals surface area (Å²) in [6, 6.07) is 0. The molecule has 1 saturated carbocycles. The van der Waals surface area contributed by atoms with Crippen LogP contribution in [0.4, 0.5) is 0 Å². The predicted octanol–water partition coefficient (Wildman–Crippen LogP) is 2.07. The highest BCUT2D eigenvalue weighted by Crippen LogP contribution is 2.26. The molecule has 138 valence electrons. The molecule has 0 aromatic carbocycles. The van der Waals surface area contributed by atoms with Gasteiger partial charge >= 0.3 is 0 Å². The quantitative estimate of drug-likeness (QED) is 0.213. The molecule has 0 aromatic rings. The van der Waals surface area contributed by atoms with E-state index in [0.29, 0.717) is 13.1 Å². The summed E-state index contributed by atoms with van der Waals surface area (Å²) in [4.78, 5) is 4.14. The second-order valence-corrected chi connectivity index (χ2v) is 7.97. The highest BCUT2D eigenvalue weighted by atomic mass is 127. The van der Waals surface area contributed by atoms with Gasteiger partial charge in [0.05, 0.1) is 5.75 Å². The van der Waals surface area contributed by atoms with Crippen molar-refractivity contribution in [3.8, 4) is 0 Å². The fraction of sp³-hybridized carbons (Fsp3) is 0.933. The molecule has 0 aromatic heterocycles. The molecule has 0 heterocycles. The standard InChI is InChI=1S/C15H32N4O2S.HI/c1-3-22(20,21)19-13-12-18-15(16-2)17-11-7-10-14-8-5-4-6-9-14;/h14,19H,3-13H2,1-2H3,(H2,16,17,18);1H. The molecule has 1 rings (SSSR count). The number of halogens is 1. The van der Waals surface area contributed by atoms with Gasteiger partial charge in [-0.1, -0.05) is 32.1 Å². The number of nitrogens with zero attached hydrogens (tertiary/aromatic N) is 1. The van der Waals surface area contributed by atoms with Gasteiger partial charge in [0.1, 0.15) is 0 Å². The molecule has 1 aliphatic carbocycles. The lowest BCUT2D eigenvalue weighted by Crippen LogP contribution is -2.42. The molecule has 6 nitrogen and oxygen atoms in total. The average Bonchev–Trinajstić information content (AvgIpc) is 2.54. The summed E-state index contributed by atoms with van der Waals surface area (Å²) >= 11 is 0. The third kappa shape index (κ3) is 11.1. The van der Waals surface area contributed by atoms with Crippen LogP contribution in [0, 0.1) is 5.92 Å². The topological polar surface area (TPSA) is 82.6 Å². The Morgan fingerprint density at radius 2 is 1.74 bits per heavy atom. The van der Waals surface area contributed by atoms with Crippen LogP contribution >= 0.6 is 24.0 Å². The largest absolute Gasteiger partial charge is 0.356 e. The third-order valence-corrected chi connectivity index (χ3v) is 5.55. The lowest BCUT2D eigenvalue weighted by molar-refractivity contribution is 0.332. The summed E-state index contributed by atoms with van der Waals surface area (Å²) in [5, 5.41) is 6.40. The van der Waals surface area contributed by atoms with E-state index in [1.54, 1.807) is 14.0 Å². The van der Waals surface area contributed by atoms with Crippen LogP contribution < -0.4 is 15.4 Å². The van der Waals surface area contributed by atoms with E-state index >= 15 is 0 Å². The summed E-state index contributed by atoms with van der Waals surface area (Å²) in [7, 11) is -1.38. The summed E-state index contributed by atoms with van der Waals surface area (Å²) in [6.07, 6.45) is 9.44. The van der Waals surface area contributed by atoms with Crippen LogP contribution in [0.25, 0.3) is 0 Å². The Hall–Kier alpha value is -0.0900. The number of nitrogens with one attached hydrogen (secondary N) is 3. The van der Waals surface area contributed by atoms with Crippen LogP contribution in [0.1, 0.15) is 51.9 Å². The minimum absolute atomic E-state index is 0. The highest BCUT2D eigenvalue weighted by molar-refractivity contribution is 14.0. The van der Waals surface area contributed by atoms with E-state index in [-0.39, 0.29) is 29.7 Å². The summed E-state index contributed by atoms with van der Waals surface area (Å²) in [6.45, 7) is 3.44. The first kappa shape index (κ1) is 22.9. The second-order valence-electron chi connectivity index (χ2n) is 5.87. The Morgan fingerprint density at radius 1 is 1.09 bits per heavy atom. The van der Waals surface area contributed by atoms with Crippen LogP contribution in [0.5, 0.6) is 0 Å². The summed E-state index contributed by atoms with van der Waals surface area (Å²) < 4.78 is 25.1. The molecular formula is C15H33IN4O2S. The molecule has 23 heavy (non-hydrogen) atoms. The zero-order valence-electron chi connectivity index (χ0n) is 14.4. The first-order valence-corrected chi connectivity index (χ1v) is 10.1. The van der Waals surface area contributed by atoms with Crippen molar-refractivity contribution >= 4 is 40.0 Å². The van der Waals surface area contributed by atoms with Gasteiger partial charge in [-0.3, -0.25) is 4.99 Å². The molecule has 3 N–H and O–H groups in total. The smallest absolute Gasteiger partial charge is 0.211 e. The summed E-state index contributed by atoms with van der Waals surface area (Å²) in [5.74, 6) is 1.76. The van der Waals surface area contributed by atoms with Crippen molar-refractivity contribution in [2.75, 3.05) is 32.4 Å². The van der Waals surface area contributed by atoms with E-state index in [9.17, 15) is 8.42 Å². The van der Waals surface area contributed by atoms with E-state index in [1.165, 1.54) is 38.5 Å². The van der Waals surface area contributed by atoms with Gasteiger partial charge in [-0.05, 0) is 25.7 Å². The minimum atomic E-state index is -3.11. The number of hydrogen-bond donors (Lipinski definition) is 3. The van der Waals surface area contributed by atoms with Crippen molar-refractivity contribution in [1.82, 2.24) is 15.4 Å². The van der Waals surface area contributed by atoms with E-state index in [4.69, 9.17) is 0 Å². The number of guanidine groups is 1. The lowest BCUT2D eigenvalue weighted by Gasteiger charge is -2.21. The maximum atomic E-state index is 11.3. The Morgan fingerprint density at radius 3 is 2.35 bits per heavy atom. The Kier molecular flexibility index (Phi) is 13.2. The van der Waals surface area contributed by atoms with Gasteiger partial charge in [0.2, 0.25) is 10.0 Å². The van der Waals surface area contributed by atoms with Crippen LogP contribution in [-0.2, 0) is 10.0 Å². The Balaban J connectivity index is 0.00000484. The number of hydrogen-bond acceptors (Lipinski definition) is 3. The van der Waals surface area contributed by atoms with Gasteiger partial charge in [-0.15, -0.1) is 24.0 Å². The fourth-order valence-electron chi connectivity index (χ4n) is 2.78. The Labute approximate surface area is 158 Å². The van der Waals surface area contributed by atoms with Crippen molar-refractivity contribution in [2.45, 2.75) is 51.9 Å². The molecule has 0 bridgehead atoms. The second kappa shape index (κ2) is 13.2. The normalized spacial score (nSPS) is 16.7. The molecule has 0 saturated heterocycles. The number of aliphatic imine (C=N–C) groups is 1. The van der Waals surface area contributed by atoms with E-state index < -0.39 is 10.0 Å². The van der Waals surface area contributed by atoms with Crippen LogP contribution in [0.2, 0.25) is 0 Å². The zero-order valence-corrected chi connectivity index (χ0v) is 17.6. The van der Waals surface area contributed by atoms with Crippen molar-refractivity contribution in [3.05, 3.63) is 0 Å².